The molecule has 0 saturated carbocycles. The van der Waals surface area contributed by atoms with E-state index in [9.17, 15) is 0 Å². The molecule has 0 aliphatic carbocycles. The summed E-state index contributed by atoms with van der Waals surface area (Å²) < 4.78 is 27.6. The molecule has 0 saturated heterocycles. The summed E-state index contributed by atoms with van der Waals surface area (Å²) in [5, 5.41) is 12.2. The lowest BCUT2D eigenvalue weighted by molar-refractivity contribution is 0.657. The van der Waals surface area contributed by atoms with Crippen LogP contribution in [0.3, 0.4) is 0 Å². The van der Waals surface area contributed by atoms with Crippen LogP contribution in [0.25, 0.3) is 110 Å². The first-order valence-corrected chi connectivity index (χ1v) is 20.6. The summed E-state index contributed by atoms with van der Waals surface area (Å²) in [6.45, 7) is 0. The van der Waals surface area contributed by atoms with Crippen molar-refractivity contribution in [2.75, 3.05) is 10.2 Å². The number of hydrogen-bond acceptors (Lipinski definition) is 6. The Morgan fingerprint density at radius 2 is 0.754 bits per heavy atom. The van der Waals surface area contributed by atoms with Crippen LogP contribution in [0.1, 0.15) is 11.7 Å². The van der Waals surface area contributed by atoms with Gasteiger partial charge in [-0.15, -0.1) is 0 Å². The van der Waals surface area contributed by atoms with Gasteiger partial charge in [0.2, 0.25) is 0 Å². The van der Waals surface area contributed by atoms with Gasteiger partial charge in [-0.05, 0) is 83.4 Å². The highest BCUT2D eigenvalue weighted by atomic mass is 16.4. The maximum Gasteiger partial charge on any atom is 0.147 e. The number of nitrogens with zero attached hydrogens (tertiary/aromatic N) is 1. The Bertz CT molecular complexity index is 3560. The van der Waals surface area contributed by atoms with E-state index in [1.54, 1.807) is 0 Å². The molecule has 0 amide bonds. The molecule has 61 heavy (non-hydrogen) atoms. The van der Waals surface area contributed by atoms with Crippen molar-refractivity contribution in [3.05, 3.63) is 188 Å². The second kappa shape index (κ2) is 12.2. The molecule has 9 aromatic carbocycles. The third kappa shape index (κ3) is 4.61. The van der Waals surface area contributed by atoms with Gasteiger partial charge < -0.3 is 27.9 Å². The minimum atomic E-state index is -0.192. The Balaban J connectivity index is 1.16. The predicted octanol–water partition coefficient (Wildman–Crippen LogP) is 15.9. The zero-order chi connectivity index (χ0) is 39.8. The van der Waals surface area contributed by atoms with Gasteiger partial charge in [0.1, 0.15) is 50.8 Å². The Labute approximate surface area is 347 Å². The van der Waals surface area contributed by atoms with Crippen molar-refractivity contribution in [3.8, 4) is 22.3 Å². The van der Waals surface area contributed by atoms with Crippen molar-refractivity contribution in [2.45, 2.75) is 6.17 Å². The molecular weight excluding hydrogens is 753 g/mol. The minimum absolute atomic E-state index is 0.192. The van der Waals surface area contributed by atoms with Gasteiger partial charge in [-0.1, -0.05) is 115 Å². The van der Waals surface area contributed by atoms with E-state index in [2.05, 4.69) is 144 Å². The van der Waals surface area contributed by atoms with E-state index in [4.69, 9.17) is 17.7 Å². The highest BCUT2D eigenvalue weighted by Crippen LogP contribution is 2.52. The van der Waals surface area contributed by atoms with Crippen molar-refractivity contribution >= 4 is 105 Å². The third-order valence-electron chi connectivity index (χ3n) is 12.6. The van der Waals surface area contributed by atoms with Crippen LogP contribution in [0.15, 0.2) is 200 Å². The maximum absolute atomic E-state index is 6.90. The van der Waals surface area contributed by atoms with Gasteiger partial charge in [0.05, 0.1) is 22.5 Å². The smallest absolute Gasteiger partial charge is 0.147 e. The van der Waals surface area contributed by atoms with E-state index < -0.39 is 0 Å². The monoisotopic (exact) mass is 784 g/mol. The lowest BCUT2D eigenvalue weighted by Gasteiger charge is -2.28. The Morgan fingerprint density at radius 1 is 0.361 bits per heavy atom. The highest BCUT2D eigenvalue weighted by Gasteiger charge is 2.33. The molecule has 6 heteroatoms. The van der Waals surface area contributed by atoms with Gasteiger partial charge in [0.15, 0.2) is 0 Å². The van der Waals surface area contributed by atoms with Gasteiger partial charge in [-0.3, -0.25) is 0 Å². The van der Waals surface area contributed by atoms with Crippen LogP contribution < -0.4 is 10.2 Å². The van der Waals surface area contributed by atoms with Crippen LogP contribution in [0.4, 0.5) is 17.1 Å². The van der Waals surface area contributed by atoms with Crippen LogP contribution in [-0.2, 0) is 0 Å². The molecule has 1 N–H and O–H groups in total. The lowest BCUT2D eigenvalue weighted by Crippen LogP contribution is -2.23. The molecule has 1 aliphatic rings. The standard InChI is InChI=1S/C55H32N2O4/c1-2-14-31(15-3-1)55-56-43-20-8-9-21-44(43)57(55)34-27-32(49-51-39(35-16-4-10-22-45(35)58-51)29-40-36-17-5-11-23-46(36)59-52(40)49)26-33(28-34)50-53-41(37-18-6-12-24-47(37)60-53)30-42-38-19-7-13-25-48(38)61-54(42)50/h1-30,55-56H. The fourth-order valence-electron chi connectivity index (χ4n) is 9.95. The highest BCUT2D eigenvalue weighted by molar-refractivity contribution is 6.24. The number of furan rings is 4. The van der Waals surface area contributed by atoms with E-state index in [1.165, 1.54) is 0 Å². The Kier molecular flexibility index (Phi) is 6.52. The Morgan fingerprint density at radius 3 is 1.21 bits per heavy atom. The normalized spacial score (nSPS) is 14.2. The first-order chi connectivity index (χ1) is 30.2. The van der Waals surface area contributed by atoms with E-state index in [0.29, 0.717) is 0 Å². The second-order valence-corrected chi connectivity index (χ2v) is 16.0. The Hall–Kier alpha value is -8.22. The summed E-state index contributed by atoms with van der Waals surface area (Å²) in [4.78, 5) is 2.40. The molecule has 0 fully saturated rings. The summed E-state index contributed by atoms with van der Waals surface area (Å²) in [6, 6.07) is 63.5. The summed E-state index contributed by atoms with van der Waals surface area (Å²) in [6.07, 6.45) is -0.192. The fraction of sp³-hybridized carbons (Fsp3) is 0.0182. The van der Waals surface area contributed by atoms with Crippen molar-refractivity contribution in [1.82, 2.24) is 0 Å². The minimum Gasteiger partial charge on any atom is -0.455 e. The van der Waals surface area contributed by atoms with Crippen LogP contribution in [0.2, 0.25) is 0 Å². The van der Waals surface area contributed by atoms with Gasteiger partial charge >= 0.3 is 0 Å². The zero-order valence-corrected chi connectivity index (χ0v) is 32.5. The largest absolute Gasteiger partial charge is 0.455 e. The summed E-state index contributed by atoms with van der Waals surface area (Å²) in [5.41, 5.74) is 14.3. The first kappa shape index (κ1) is 32.7. The quantitative estimate of drug-likeness (QED) is 0.192. The van der Waals surface area contributed by atoms with E-state index >= 15 is 0 Å². The second-order valence-electron chi connectivity index (χ2n) is 16.0. The molecule has 0 spiro atoms. The molecule has 5 heterocycles. The lowest BCUT2D eigenvalue weighted by atomic mass is 9.92. The van der Waals surface area contributed by atoms with Gasteiger partial charge in [-0.2, -0.15) is 0 Å². The van der Waals surface area contributed by atoms with Crippen LogP contribution in [0, 0.1) is 0 Å². The van der Waals surface area contributed by atoms with E-state index in [1.807, 2.05) is 48.5 Å². The van der Waals surface area contributed by atoms with E-state index in [0.717, 1.165) is 133 Å². The van der Waals surface area contributed by atoms with E-state index in [-0.39, 0.29) is 6.17 Å². The van der Waals surface area contributed by atoms with Crippen LogP contribution in [-0.4, -0.2) is 0 Å². The number of hydrogen-bond donors (Lipinski definition) is 1. The number of nitrogens with one attached hydrogen (secondary N) is 1. The average molecular weight is 785 g/mol. The summed E-state index contributed by atoms with van der Waals surface area (Å²) in [5.74, 6) is 0. The van der Waals surface area contributed by atoms with Crippen LogP contribution >= 0.6 is 0 Å². The fourth-order valence-corrected chi connectivity index (χ4v) is 9.95. The summed E-state index contributed by atoms with van der Waals surface area (Å²) >= 11 is 0. The first-order valence-electron chi connectivity index (χ1n) is 20.6. The van der Waals surface area contributed by atoms with Crippen LogP contribution in [0.5, 0.6) is 0 Å². The third-order valence-corrected chi connectivity index (χ3v) is 12.6. The topological polar surface area (TPSA) is 67.8 Å². The molecule has 14 rings (SSSR count). The average Bonchev–Trinajstić information content (AvgIpc) is 4.14. The molecule has 0 radical (unpaired) electrons. The number of benzene rings is 9. The van der Waals surface area contributed by atoms with Gasteiger partial charge in [0.25, 0.3) is 0 Å². The number of rotatable bonds is 4. The van der Waals surface area contributed by atoms with Crippen molar-refractivity contribution < 1.29 is 17.7 Å². The molecule has 6 nitrogen and oxygen atoms in total. The number of anilines is 3. The summed E-state index contributed by atoms with van der Waals surface area (Å²) in [7, 11) is 0. The number of fused-ring (bicyclic) bond motifs is 13. The molecule has 13 aromatic rings. The molecule has 1 aliphatic heterocycles. The van der Waals surface area contributed by atoms with Gasteiger partial charge in [0, 0.05) is 48.8 Å². The predicted molar refractivity (Wildman–Crippen MR) is 248 cm³/mol. The molecular formula is C55H32N2O4. The molecule has 1 atom stereocenters. The SMILES string of the molecule is c1ccc(C2Nc3ccccc3N2c2cc(-c3c4oc5ccccc5c4cc4c3oc3ccccc34)cc(-c3c4oc5ccccc5c4cc4c3oc3ccccc34)c2)cc1. The molecule has 0 bridgehead atoms. The molecule has 286 valence electrons. The van der Waals surface area contributed by atoms with Crippen molar-refractivity contribution in [2.24, 2.45) is 0 Å². The number of para-hydroxylation sites is 6. The van der Waals surface area contributed by atoms with Crippen molar-refractivity contribution in [3.63, 3.8) is 0 Å². The van der Waals surface area contributed by atoms with Gasteiger partial charge in [-0.25, -0.2) is 0 Å². The molecule has 1 unspecified atom stereocenters. The van der Waals surface area contributed by atoms with Crippen molar-refractivity contribution in [1.29, 1.82) is 0 Å². The zero-order valence-electron chi connectivity index (χ0n) is 32.5. The maximum atomic E-state index is 6.90. The molecule has 4 aromatic heterocycles.